The Morgan fingerprint density at radius 1 is 0.667 bits per heavy atom. The third-order valence-electron chi connectivity index (χ3n) is 5.11. The van der Waals surface area contributed by atoms with Crippen LogP contribution >= 0.6 is 0 Å². The van der Waals surface area contributed by atoms with Crippen molar-refractivity contribution in [3.63, 3.8) is 0 Å². The highest BCUT2D eigenvalue weighted by molar-refractivity contribution is 5.73. The normalized spacial score (nSPS) is 15.6. The van der Waals surface area contributed by atoms with Crippen LogP contribution in [0.4, 0.5) is 0 Å². The molecule has 0 amide bonds. The first kappa shape index (κ1) is 15.1. The molecule has 24 heavy (non-hydrogen) atoms. The van der Waals surface area contributed by atoms with Crippen LogP contribution in [0.1, 0.15) is 35.1 Å². The molecule has 2 aromatic carbocycles. The molecule has 122 valence electrons. The van der Waals surface area contributed by atoms with Crippen molar-refractivity contribution in [2.45, 2.75) is 25.7 Å². The molecule has 0 spiro atoms. The van der Waals surface area contributed by atoms with Crippen LogP contribution in [-0.4, -0.2) is 14.2 Å². The van der Waals surface area contributed by atoms with E-state index in [0.717, 1.165) is 37.2 Å². The van der Waals surface area contributed by atoms with E-state index in [1.807, 2.05) is 0 Å². The number of fused-ring (bicyclic) bond motifs is 2. The van der Waals surface area contributed by atoms with Crippen molar-refractivity contribution in [3.05, 3.63) is 81.9 Å². The summed E-state index contributed by atoms with van der Waals surface area (Å²) in [7, 11) is 3.56. The Morgan fingerprint density at radius 2 is 1.08 bits per heavy atom. The average molecular weight is 318 g/mol. The summed E-state index contributed by atoms with van der Waals surface area (Å²) >= 11 is 0. The Kier molecular flexibility index (Phi) is 3.89. The summed E-state index contributed by atoms with van der Waals surface area (Å²) in [6.45, 7) is 0. The second-order valence-electron chi connectivity index (χ2n) is 6.44. The van der Waals surface area contributed by atoms with Gasteiger partial charge in [-0.3, -0.25) is 0 Å². The number of allylic oxidation sites excluding steroid dienone is 2. The van der Waals surface area contributed by atoms with Crippen molar-refractivity contribution >= 4 is 11.5 Å². The van der Waals surface area contributed by atoms with E-state index in [9.17, 15) is 0 Å². The molecule has 0 aromatic heterocycles. The summed E-state index contributed by atoms with van der Waals surface area (Å²) in [5.74, 6) is 2.14. The summed E-state index contributed by atoms with van der Waals surface area (Å²) in [4.78, 5) is 0. The van der Waals surface area contributed by atoms with E-state index in [0.29, 0.717) is 0 Å². The fourth-order valence-corrected chi connectivity index (χ4v) is 4.01. The van der Waals surface area contributed by atoms with Crippen LogP contribution in [0, 0.1) is 0 Å². The highest BCUT2D eigenvalue weighted by atomic mass is 16.5. The lowest BCUT2D eigenvalue weighted by molar-refractivity contribution is 0.365. The average Bonchev–Trinajstić information content (AvgIpc) is 3.16. The monoisotopic (exact) mass is 318 g/mol. The van der Waals surface area contributed by atoms with Gasteiger partial charge in [-0.2, -0.15) is 0 Å². The molecule has 0 fully saturated rings. The molecule has 4 rings (SSSR count). The van der Waals surface area contributed by atoms with Gasteiger partial charge in [0.1, 0.15) is 11.5 Å². The second-order valence-corrected chi connectivity index (χ2v) is 6.44. The minimum Gasteiger partial charge on any atom is -0.496 e. The molecule has 2 aliphatic rings. The first-order valence-corrected chi connectivity index (χ1v) is 8.50. The van der Waals surface area contributed by atoms with Gasteiger partial charge in [-0.1, -0.05) is 48.5 Å². The summed E-state index contributed by atoms with van der Waals surface area (Å²) in [5.41, 5.74) is 8.06. The predicted molar refractivity (Wildman–Crippen MR) is 97.4 cm³/mol. The first-order valence-electron chi connectivity index (χ1n) is 8.50. The van der Waals surface area contributed by atoms with Gasteiger partial charge in [-0.05, 0) is 48.0 Å². The zero-order valence-electron chi connectivity index (χ0n) is 14.3. The van der Waals surface area contributed by atoms with Crippen LogP contribution < -0.4 is 0 Å². The van der Waals surface area contributed by atoms with E-state index in [4.69, 9.17) is 9.47 Å². The summed E-state index contributed by atoms with van der Waals surface area (Å²) in [6.07, 6.45) is 4.05. The van der Waals surface area contributed by atoms with E-state index < -0.39 is 0 Å². The number of ether oxygens (including phenoxy) is 2. The van der Waals surface area contributed by atoms with Crippen molar-refractivity contribution in [2.75, 3.05) is 14.2 Å². The zero-order valence-corrected chi connectivity index (χ0v) is 14.3. The Morgan fingerprint density at radius 3 is 1.50 bits per heavy atom. The van der Waals surface area contributed by atoms with Crippen molar-refractivity contribution < 1.29 is 9.47 Å². The third kappa shape index (κ3) is 2.43. The van der Waals surface area contributed by atoms with Gasteiger partial charge in [0.05, 0.1) is 14.2 Å². The van der Waals surface area contributed by atoms with Crippen molar-refractivity contribution in [2.24, 2.45) is 0 Å². The Labute approximate surface area is 143 Å². The minimum absolute atomic E-state index is 1.00. The lowest BCUT2D eigenvalue weighted by Crippen LogP contribution is -1.93. The molecule has 2 nitrogen and oxygen atoms in total. The van der Waals surface area contributed by atoms with Gasteiger partial charge in [0.15, 0.2) is 0 Å². The quantitative estimate of drug-likeness (QED) is 0.773. The van der Waals surface area contributed by atoms with Crippen molar-refractivity contribution in [1.82, 2.24) is 0 Å². The smallest absolute Gasteiger partial charge is 0.125 e. The predicted octanol–water partition coefficient (Wildman–Crippen LogP) is 4.99. The van der Waals surface area contributed by atoms with Crippen molar-refractivity contribution in [1.29, 1.82) is 0 Å². The zero-order chi connectivity index (χ0) is 16.5. The van der Waals surface area contributed by atoms with Crippen LogP contribution in [0.5, 0.6) is 0 Å². The van der Waals surface area contributed by atoms with Gasteiger partial charge in [0, 0.05) is 11.1 Å². The molecule has 0 N–H and O–H groups in total. The maximum atomic E-state index is 5.71. The van der Waals surface area contributed by atoms with Gasteiger partial charge in [-0.15, -0.1) is 0 Å². The summed E-state index contributed by atoms with van der Waals surface area (Å²) in [5, 5.41) is 0. The van der Waals surface area contributed by atoms with Crippen LogP contribution in [0.3, 0.4) is 0 Å². The lowest BCUT2D eigenvalue weighted by Gasteiger charge is -2.09. The maximum Gasteiger partial charge on any atom is 0.125 e. The number of benzene rings is 2. The molecule has 0 atom stereocenters. The van der Waals surface area contributed by atoms with E-state index >= 15 is 0 Å². The number of methoxy groups -OCH3 is 2. The topological polar surface area (TPSA) is 18.5 Å². The molecule has 0 heterocycles. The van der Waals surface area contributed by atoms with E-state index in [2.05, 4.69) is 48.5 Å². The number of rotatable bonds is 5. The fraction of sp³-hybridized carbons (Fsp3) is 0.273. The number of hydrogen-bond acceptors (Lipinski definition) is 2. The molecular formula is C22H22O2. The Balaban J connectivity index is 1.56. The molecule has 0 aliphatic heterocycles. The highest BCUT2D eigenvalue weighted by Gasteiger charge is 2.25. The SMILES string of the molecule is COC1=C(CCC2=C(OC)c3ccccc3C2)Cc2ccccc21. The molecule has 2 heteroatoms. The maximum absolute atomic E-state index is 5.71. The summed E-state index contributed by atoms with van der Waals surface area (Å²) < 4.78 is 11.4. The molecule has 2 aromatic rings. The minimum atomic E-state index is 1.00. The molecule has 0 saturated heterocycles. The highest BCUT2D eigenvalue weighted by Crippen LogP contribution is 2.39. The van der Waals surface area contributed by atoms with Crippen LogP contribution in [0.15, 0.2) is 59.7 Å². The van der Waals surface area contributed by atoms with E-state index in [-0.39, 0.29) is 0 Å². The Hall–Kier alpha value is -2.48. The van der Waals surface area contributed by atoms with Crippen molar-refractivity contribution in [3.8, 4) is 0 Å². The molecule has 0 bridgehead atoms. The number of hydrogen-bond donors (Lipinski definition) is 0. The molecule has 0 unspecified atom stereocenters. The fourth-order valence-electron chi connectivity index (χ4n) is 4.01. The second kappa shape index (κ2) is 6.20. The molecule has 2 aliphatic carbocycles. The molecule has 0 radical (unpaired) electrons. The first-order chi connectivity index (χ1) is 11.8. The van der Waals surface area contributed by atoms with E-state index in [1.54, 1.807) is 14.2 Å². The van der Waals surface area contributed by atoms with Crippen LogP contribution in [0.25, 0.3) is 11.5 Å². The van der Waals surface area contributed by atoms with Gasteiger partial charge in [-0.25, -0.2) is 0 Å². The third-order valence-corrected chi connectivity index (χ3v) is 5.11. The largest absolute Gasteiger partial charge is 0.496 e. The molecular weight excluding hydrogens is 296 g/mol. The van der Waals surface area contributed by atoms with Gasteiger partial charge >= 0.3 is 0 Å². The van der Waals surface area contributed by atoms with Crippen LogP contribution in [0.2, 0.25) is 0 Å². The standard InChI is InChI=1S/C22H22O2/c1-23-21-17(13-15-7-3-5-9-19(15)21)11-12-18-14-16-8-4-6-10-20(16)22(18)24-2/h3-10H,11-14H2,1-2H3. The van der Waals surface area contributed by atoms with E-state index in [1.165, 1.54) is 33.4 Å². The van der Waals surface area contributed by atoms with Gasteiger partial charge < -0.3 is 9.47 Å². The van der Waals surface area contributed by atoms with Gasteiger partial charge in [0.25, 0.3) is 0 Å². The summed E-state index contributed by atoms with van der Waals surface area (Å²) in [6, 6.07) is 17.1. The Bertz CT molecular complexity index is 771. The molecule has 0 saturated carbocycles. The van der Waals surface area contributed by atoms with Crippen LogP contribution in [-0.2, 0) is 22.3 Å². The van der Waals surface area contributed by atoms with Gasteiger partial charge in [0.2, 0.25) is 0 Å². The lowest BCUT2D eigenvalue weighted by atomic mass is 10.0.